The third-order valence-corrected chi connectivity index (χ3v) is 2.60. The molecule has 0 saturated heterocycles. The summed E-state index contributed by atoms with van der Waals surface area (Å²) >= 11 is 0. The van der Waals surface area contributed by atoms with Crippen molar-refractivity contribution in [3.63, 3.8) is 0 Å². The fourth-order valence-corrected chi connectivity index (χ4v) is 1.51. The van der Waals surface area contributed by atoms with Gasteiger partial charge in [-0.15, -0.1) is 0 Å². The molecule has 1 saturated carbocycles. The molecule has 0 heterocycles. The zero-order valence-electron chi connectivity index (χ0n) is 9.58. The van der Waals surface area contributed by atoms with Crippen LogP contribution in [-0.4, -0.2) is 31.9 Å². The van der Waals surface area contributed by atoms with E-state index in [4.69, 9.17) is 0 Å². The maximum atomic E-state index is 11.8. The summed E-state index contributed by atoms with van der Waals surface area (Å²) in [5.74, 6) is 0. The number of nitrogens with one attached hydrogen (secondary N) is 2. The highest BCUT2D eigenvalue weighted by molar-refractivity contribution is 4.80. The van der Waals surface area contributed by atoms with Crippen LogP contribution >= 0.6 is 0 Å². The Morgan fingerprint density at radius 3 is 2.25 bits per heavy atom. The molecule has 0 amide bonds. The molecule has 5 heteroatoms. The average Bonchev–Trinajstić information content (AvgIpc) is 2.97. The zero-order valence-corrected chi connectivity index (χ0v) is 9.58. The predicted octanol–water partition coefficient (Wildman–Crippen LogP) is 2.45. The minimum Gasteiger partial charge on any atom is -0.317 e. The Balaban J connectivity index is 1.70. The second kappa shape index (κ2) is 7.12. The third kappa shape index (κ3) is 8.97. The van der Waals surface area contributed by atoms with Gasteiger partial charge in [-0.1, -0.05) is 0 Å². The summed E-state index contributed by atoms with van der Waals surface area (Å²) in [6, 6.07) is 0.742. The van der Waals surface area contributed by atoms with Gasteiger partial charge in [-0.25, -0.2) is 0 Å². The molecule has 1 aliphatic rings. The van der Waals surface area contributed by atoms with Crippen LogP contribution in [0, 0.1) is 0 Å². The molecule has 16 heavy (non-hydrogen) atoms. The lowest BCUT2D eigenvalue weighted by Gasteiger charge is -2.07. The predicted molar refractivity (Wildman–Crippen MR) is 58.4 cm³/mol. The zero-order chi connectivity index (χ0) is 11.9. The van der Waals surface area contributed by atoms with Gasteiger partial charge in [0.1, 0.15) is 0 Å². The second-order valence-electron chi connectivity index (χ2n) is 4.40. The van der Waals surface area contributed by atoms with Crippen LogP contribution in [0.2, 0.25) is 0 Å². The Kier molecular flexibility index (Phi) is 6.13. The van der Waals surface area contributed by atoms with Gasteiger partial charge in [0, 0.05) is 12.5 Å². The Bertz CT molecular complexity index is 179. The number of alkyl halides is 3. The van der Waals surface area contributed by atoms with Crippen molar-refractivity contribution in [2.75, 3.05) is 19.6 Å². The smallest absolute Gasteiger partial charge is 0.317 e. The van der Waals surface area contributed by atoms with E-state index < -0.39 is 12.6 Å². The summed E-state index contributed by atoms with van der Waals surface area (Å²) in [5, 5.41) is 6.55. The van der Waals surface area contributed by atoms with Crippen LogP contribution < -0.4 is 10.6 Å². The van der Waals surface area contributed by atoms with E-state index >= 15 is 0 Å². The average molecular weight is 238 g/mol. The molecule has 0 atom stereocenters. The monoisotopic (exact) mass is 238 g/mol. The summed E-state index contributed by atoms with van der Waals surface area (Å²) in [6.45, 7) is 2.60. The summed E-state index contributed by atoms with van der Waals surface area (Å²) in [5.41, 5.74) is 0. The van der Waals surface area contributed by atoms with Crippen LogP contribution in [0.1, 0.15) is 38.5 Å². The van der Waals surface area contributed by atoms with E-state index in [9.17, 15) is 13.2 Å². The molecule has 0 aromatic carbocycles. The summed E-state index contributed by atoms with van der Waals surface area (Å²) < 4.78 is 35.4. The van der Waals surface area contributed by atoms with Crippen LogP contribution in [0.4, 0.5) is 13.2 Å². The van der Waals surface area contributed by atoms with Crippen LogP contribution in [0.5, 0.6) is 0 Å². The molecule has 1 aliphatic carbocycles. The number of hydrogen-bond acceptors (Lipinski definition) is 2. The molecule has 0 aliphatic heterocycles. The lowest BCUT2D eigenvalue weighted by atomic mass is 10.2. The van der Waals surface area contributed by atoms with Gasteiger partial charge in [0.05, 0.1) is 0 Å². The fraction of sp³-hybridized carbons (Fsp3) is 1.00. The molecule has 2 N–H and O–H groups in total. The SMILES string of the molecule is FC(F)(F)CCCCNCCCNC1CC1. The molecule has 1 fully saturated rings. The molecule has 0 aromatic heterocycles. The Morgan fingerprint density at radius 1 is 0.938 bits per heavy atom. The van der Waals surface area contributed by atoms with Crippen LogP contribution in [-0.2, 0) is 0 Å². The molecule has 0 radical (unpaired) electrons. The Labute approximate surface area is 95.0 Å². The topological polar surface area (TPSA) is 24.1 Å². The molecular weight excluding hydrogens is 217 g/mol. The maximum Gasteiger partial charge on any atom is 0.389 e. The summed E-state index contributed by atoms with van der Waals surface area (Å²) in [4.78, 5) is 0. The van der Waals surface area contributed by atoms with Gasteiger partial charge >= 0.3 is 6.18 Å². The van der Waals surface area contributed by atoms with Crippen LogP contribution in [0.3, 0.4) is 0 Å². The van der Waals surface area contributed by atoms with E-state index in [0.29, 0.717) is 13.0 Å². The number of hydrogen-bond donors (Lipinski definition) is 2. The van der Waals surface area contributed by atoms with E-state index in [1.54, 1.807) is 0 Å². The first-order chi connectivity index (χ1) is 7.58. The van der Waals surface area contributed by atoms with Gasteiger partial charge < -0.3 is 10.6 Å². The van der Waals surface area contributed by atoms with Gasteiger partial charge in [-0.3, -0.25) is 0 Å². The Hall–Kier alpha value is -0.290. The van der Waals surface area contributed by atoms with Crippen molar-refractivity contribution in [1.82, 2.24) is 10.6 Å². The number of rotatable bonds is 9. The summed E-state index contributed by atoms with van der Waals surface area (Å²) in [6.07, 6.45) is -0.163. The van der Waals surface area contributed by atoms with Crippen molar-refractivity contribution in [3.8, 4) is 0 Å². The first kappa shape index (κ1) is 13.8. The first-order valence-electron chi connectivity index (χ1n) is 6.09. The standard InChI is InChI=1S/C11H21F3N2/c12-11(13,14)6-1-2-7-15-8-3-9-16-10-4-5-10/h10,15-16H,1-9H2. The third-order valence-electron chi connectivity index (χ3n) is 2.60. The van der Waals surface area contributed by atoms with Crippen molar-refractivity contribution in [1.29, 1.82) is 0 Å². The highest BCUT2D eigenvalue weighted by Gasteiger charge is 2.25. The van der Waals surface area contributed by atoms with E-state index in [1.165, 1.54) is 12.8 Å². The van der Waals surface area contributed by atoms with Crippen molar-refractivity contribution < 1.29 is 13.2 Å². The minimum atomic E-state index is -3.99. The van der Waals surface area contributed by atoms with Gasteiger partial charge in [-0.05, 0) is 51.7 Å². The summed E-state index contributed by atoms with van der Waals surface area (Å²) in [7, 11) is 0. The quantitative estimate of drug-likeness (QED) is 0.603. The van der Waals surface area contributed by atoms with E-state index in [-0.39, 0.29) is 6.42 Å². The van der Waals surface area contributed by atoms with E-state index in [0.717, 1.165) is 25.6 Å². The van der Waals surface area contributed by atoms with Crippen molar-refractivity contribution in [2.45, 2.75) is 50.7 Å². The highest BCUT2D eigenvalue weighted by Crippen LogP contribution is 2.21. The highest BCUT2D eigenvalue weighted by atomic mass is 19.4. The Morgan fingerprint density at radius 2 is 1.62 bits per heavy atom. The molecule has 2 nitrogen and oxygen atoms in total. The minimum absolute atomic E-state index is 0.233. The fourth-order valence-electron chi connectivity index (χ4n) is 1.51. The van der Waals surface area contributed by atoms with Gasteiger partial charge in [-0.2, -0.15) is 13.2 Å². The number of unbranched alkanes of at least 4 members (excludes halogenated alkanes) is 1. The van der Waals surface area contributed by atoms with Crippen molar-refractivity contribution in [3.05, 3.63) is 0 Å². The van der Waals surface area contributed by atoms with Gasteiger partial charge in [0.2, 0.25) is 0 Å². The van der Waals surface area contributed by atoms with Crippen molar-refractivity contribution in [2.24, 2.45) is 0 Å². The van der Waals surface area contributed by atoms with E-state index in [1.807, 2.05) is 0 Å². The molecule has 96 valence electrons. The lowest BCUT2D eigenvalue weighted by Crippen LogP contribution is -2.24. The molecule has 0 spiro atoms. The first-order valence-corrected chi connectivity index (χ1v) is 6.09. The number of halogens is 3. The molecule has 0 bridgehead atoms. The van der Waals surface area contributed by atoms with Gasteiger partial charge in [0.15, 0.2) is 0 Å². The molecule has 1 rings (SSSR count). The van der Waals surface area contributed by atoms with Crippen LogP contribution in [0.25, 0.3) is 0 Å². The molecule has 0 aromatic rings. The van der Waals surface area contributed by atoms with Crippen molar-refractivity contribution >= 4 is 0 Å². The van der Waals surface area contributed by atoms with Gasteiger partial charge in [0.25, 0.3) is 0 Å². The largest absolute Gasteiger partial charge is 0.389 e. The van der Waals surface area contributed by atoms with E-state index in [2.05, 4.69) is 10.6 Å². The normalized spacial score (nSPS) is 16.7. The van der Waals surface area contributed by atoms with Crippen LogP contribution in [0.15, 0.2) is 0 Å². The second-order valence-corrected chi connectivity index (χ2v) is 4.40. The maximum absolute atomic E-state index is 11.8. The lowest BCUT2D eigenvalue weighted by molar-refractivity contribution is -0.135. The molecule has 0 unspecified atom stereocenters. The molecular formula is C11H21F3N2.